The van der Waals surface area contributed by atoms with E-state index < -0.39 is 5.63 Å². The summed E-state index contributed by atoms with van der Waals surface area (Å²) in [5.41, 5.74) is 1.46. The second kappa shape index (κ2) is 7.72. The average Bonchev–Trinajstić information content (AvgIpc) is 3.19. The number of carbonyl (C=O) groups is 1. The minimum absolute atomic E-state index is 0.0112. The molecular formula is C21H26N2O4. The average molecular weight is 370 g/mol. The molecule has 3 heterocycles. The van der Waals surface area contributed by atoms with E-state index in [9.17, 15) is 9.59 Å². The highest BCUT2D eigenvalue weighted by Gasteiger charge is 2.29. The van der Waals surface area contributed by atoms with Crippen LogP contribution in [0.5, 0.6) is 5.75 Å². The number of fused-ring (bicyclic) bond motifs is 3. The van der Waals surface area contributed by atoms with E-state index in [2.05, 4.69) is 11.8 Å². The van der Waals surface area contributed by atoms with Crippen LogP contribution in [0.1, 0.15) is 38.2 Å². The topological polar surface area (TPSA) is 63.0 Å². The minimum atomic E-state index is -0.422. The summed E-state index contributed by atoms with van der Waals surface area (Å²) in [5, 5.41) is 0.872. The molecule has 0 atom stereocenters. The summed E-state index contributed by atoms with van der Waals surface area (Å²) >= 11 is 0. The number of ether oxygens (including phenoxy) is 1. The highest BCUT2D eigenvalue weighted by atomic mass is 16.5. The van der Waals surface area contributed by atoms with Crippen molar-refractivity contribution in [2.45, 2.75) is 39.0 Å². The van der Waals surface area contributed by atoms with E-state index in [1.54, 1.807) is 11.0 Å². The van der Waals surface area contributed by atoms with E-state index in [1.165, 1.54) is 0 Å². The second-order valence-electron chi connectivity index (χ2n) is 7.36. The zero-order valence-electron chi connectivity index (χ0n) is 15.8. The van der Waals surface area contributed by atoms with Crippen molar-refractivity contribution in [1.82, 2.24) is 4.90 Å². The van der Waals surface area contributed by atoms with Gasteiger partial charge in [-0.3, -0.25) is 9.69 Å². The third kappa shape index (κ3) is 3.58. The lowest BCUT2D eigenvalue weighted by Gasteiger charge is -2.30. The first kappa shape index (κ1) is 18.0. The fourth-order valence-electron chi connectivity index (χ4n) is 4.06. The van der Waals surface area contributed by atoms with Crippen LogP contribution in [0.4, 0.5) is 5.69 Å². The van der Waals surface area contributed by atoms with Crippen molar-refractivity contribution in [2.24, 2.45) is 0 Å². The van der Waals surface area contributed by atoms with Crippen LogP contribution in [-0.2, 0) is 11.2 Å². The molecule has 6 nitrogen and oxygen atoms in total. The Morgan fingerprint density at radius 1 is 1.19 bits per heavy atom. The largest absolute Gasteiger partial charge is 0.494 e. The van der Waals surface area contributed by atoms with Crippen LogP contribution in [0, 0.1) is 0 Å². The summed E-state index contributed by atoms with van der Waals surface area (Å²) in [7, 11) is 0. The Bertz CT molecular complexity index is 899. The Labute approximate surface area is 158 Å². The first-order valence-corrected chi connectivity index (χ1v) is 9.92. The monoisotopic (exact) mass is 370 g/mol. The zero-order chi connectivity index (χ0) is 18.8. The van der Waals surface area contributed by atoms with Gasteiger partial charge in [0.15, 0.2) is 0 Å². The fourth-order valence-corrected chi connectivity index (χ4v) is 4.06. The molecule has 0 unspecified atom stereocenters. The lowest BCUT2D eigenvalue weighted by Crippen LogP contribution is -2.44. The molecule has 2 aromatic rings. The van der Waals surface area contributed by atoms with Crippen molar-refractivity contribution in [3.8, 4) is 5.75 Å². The number of amides is 1. The molecule has 0 spiro atoms. The molecule has 1 aromatic carbocycles. The predicted octanol–water partition coefficient (Wildman–Crippen LogP) is 2.96. The number of rotatable bonds is 5. The van der Waals surface area contributed by atoms with Gasteiger partial charge in [-0.1, -0.05) is 6.92 Å². The summed E-state index contributed by atoms with van der Waals surface area (Å²) in [6.07, 6.45) is 4.81. The van der Waals surface area contributed by atoms with Crippen molar-refractivity contribution in [1.29, 1.82) is 0 Å². The Kier molecular flexibility index (Phi) is 5.16. The molecule has 0 saturated carbocycles. The molecule has 1 fully saturated rings. The molecule has 27 heavy (non-hydrogen) atoms. The van der Waals surface area contributed by atoms with E-state index in [0.29, 0.717) is 31.0 Å². The Balaban J connectivity index is 1.71. The molecule has 0 aliphatic carbocycles. The van der Waals surface area contributed by atoms with Crippen molar-refractivity contribution >= 4 is 22.6 Å². The lowest BCUT2D eigenvalue weighted by molar-refractivity contribution is -0.119. The van der Waals surface area contributed by atoms with Gasteiger partial charge in [-0.2, -0.15) is 0 Å². The van der Waals surface area contributed by atoms with Crippen LogP contribution in [0.25, 0.3) is 11.0 Å². The van der Waals surface area contributed by atoms with Gasteiger partial charge in [0.2, 0.25) is 5.91 Å². The maximum atomic E-state index is 12.9. The van der Waals surface area contributed by atoms with Crippen molar-refractivity contribution in [3.05, 3.63) is 34.2 Å². The summed E-state index contributed by atoms with van der Waals surface area (Å²) in [6, 6.07) is 5.54. The van der Waals surface area contributed by atoms with Gasteiger partial charge in [-0.05, 0) is 69.0 Å². The van der Waals surface area contributed by atoms with Crippen LogP contribution in [-0.4, -0.2) is 43.6 Å². The van der Waals surface area contributed by atoms with Crippen LogP contribution < -0.4 is 15.3 Å². The van der Waals surface area contributed by atoms with E-state index in [0.717, 1.165) is 61.9 Å². The van der Waals surface area contributed by atoms with Gasteiger partial charge in [-0.25, -0.2) is 4.79 Å². The smallest absolute Gasteiger partial charge is 0.360 e. The van der Waals surface area contributed by atoms with E-state index in [1.807, 2.05) is 12.1 Å². The maximum Gasteiger partial charge on any atom is 0.360 e. The van der Waals surface area contributed by atoms with E-state index >= 15 is 0 Å². The number of benzene rings is 1. The first-order valence-electron chi connectivity index (χ1n) is 9.92. The molecular weight excluding hydrogens is 344 g/mol. The molecule has 2 aliphatic heterocycles. The SMILES string of the molecule is CCCOc1ccc2oc(=O)c3c(c2c1)CCCN3C(=O)CN1CCCC1. The molecule has 1 aromatic heterocycles. The van der Waals surface area contributed by atoms with E-state index in [4.69, 9.17) is 9.15 Å². The number of likely N-dealkylation sites (tertiary alicyclic amines) is 1. The molecule has 1 amide bonds. The second-order valence-corrected chi connectivity index (χ2v) is 7.36. The third-order valence-corrected chi connectivity index (χ3v) is 5.37. The van der Waals surface area contributed by atoms with Gasteiger partial charge in [0.1, 0.15) is 17.0 Å². The third-order valence-electron chi connectivity index (χ3n) is 5.37. The predicted molar refractivity (Wildman–Crippen MR) is 105 cm³/mol. The van der Waals surface area contributed by atoms with Crippen LogP contribution in [0.2, 0.25) is 0 Å². The molecule has 144 valence electrons. The number of hydrogen-bond donors (Lipinski definition) is 0. The molecule has 4 rings (SSSR count). The normalized spacial score (nSPS) is 17.3. The highest BCUT2D eigenvalue weighted by molar-refractivity contribution is 5.98. The molecule has 2 aliphatic rings. The molecule has 0 bridgehead atoms. The van der Waals surface area contributed by atoms with Crippen LogP contribution >= 0.6 is 0 Å². The first-order chi connectivity index (χ1) is 13.2. The van der Waals surface area contributed by atoms with Gasteiger partial charge in [0, 0.05) is 11.9 Å². The molecule has 0 radical (unpaired) electrons. The van der Waals surface area contributed by atoms with Crippen molar-refractivity contribution in [2.75, 3.05) is 37.7 Å². The Morgan fingerprint density at radius 3 is 2.78 bits per heavy atom. The molecule has 6 heteroatoms. The highest BCUT2D eigenvalue weighted by Crippen LogP contribution is 2.33. The summed E-state index contributed by atoms with van der Waals surface area (Å²) in [6.45, 7) is 5.56. The molecule has 0 N–H and O–H groups in total. The fraction of sp³-hybridized carbons (Fsp3) is 0.524. The van der Waals surface area contributed by atoms with Crippen molar-refractivity contribution < 1.29 is 13.9 Å². The summed E-state index contributed by atoms with van der Waals surface area (Å²) < 4.78 is 11.3. The lowest BCUT2D eigenvalue weighted by atomic mass is 9.98. The quantitative estimate of drug-likeness (QED) is 0.757. The summed E-state index contributed by atoms with van der Waals surface area (Å²) in [4.78, 5) is 29.4. The van der Waals surface area contributed by atoms with Crippen LogP contribution in [0.15, 0.2) is 27.4 Å². The molecule has 1 saturated heterocycles. The number of anilines is 1. The summed E-state index contributed by atoms with van der Waals surface area (Å²) in [5.74, 6) is 0.754. The van der Waals surface area contributed by atoms with Gasteiger partial charge >= 0.3 is 5.63 Å². The maximum absolute atomic E-state index is 12.9. The Morgan fingerprint density at radius 2 is 2.00 bits per heavy atom. The zero-order valence-corrected chi connectivity index (χ0v) is 15.8. The number of nitrogens with zero attached hydrogens (tertiary/aromatic N) is 2. The van der Waals surface area contributed by atoms with Gasteiger partial charge in [-0.15, -0.1) is 0 Å². The number of hydrogen-bond acceptors (Lipinski definition) is 5. The number of carbonyl (C=O) groups excluding carboxylic acids is 1. The standard InChI is InChI=1S/C21H26N2O4/c1-2-12-26-15-7-8-18-17(13-15)16-6-5-11-23(20(16)21(25)27-18)19(24)14-22-9-3-4-10-22/h7-8,13H,2-6,9-12,14H2,1H3. The van der Waals surface area contributed by atoms with Gasteiger partial charge in [0.25, 0.3) is 0 Å². The van der Waals surface area contributed by atoms with Gasteiger partial charge in [0.05, 0.1) is 13.2 Å². The minimum Gasteiger partial charge on any atom is -0.494 e. The Hall–Kier alpha value is -2.34. The number of aryl methyl sites for hydroxylation is 1. The van der Waals surface area contributed by atoms with Gasteiger partial charge < -0.3 is 14.1 Å². The van der Waals surface area contributed by atoms with Crippen molar-refractivity contribution in [3.63, 3.8) is 0 Å². The van der Waals surface area contributed by atoms with Crippen LogP contribution in [0.3, 0.4) is 0 Å². The van der Waals surface area contributed by atoms with E-state index in [-0.39, 0.29) is 5.91 Å².